The molecule has 224 valence electrons. The maximum Gasteiger partial charge on any atom is 0.304 e. The van der Waals surface area contributed by atoms with Crippen LogP contribution in [0.2, 0.25) is 0 Å². The Morgan fingerprint density at radius 3 is 1.66 bits per heavy atom. The van der Waals surface area contributed by atoms with Crippen LogP contribution in [0.5, 0.6) is 0 Å². The molecule has 15 heteroatoms. The van der Waals surface area contributed by atoms with Gasteiger partial charge in [-0.2, -0.15) is 4.39 Å². The lowest BCUT2D eigenvalue weighted by Crippen LogP contribution is -2.59. The number of piperidine rings is 2. The molecule has 0 bridgehead atoms. The van der Waals surface area contributed by atoms with Gasteiger partial charge in [-0.3, -0.25) is 29.8 Å². The quantitative estimate of drug-likeness (QED) is 0.234. The highest BCUT2D eigenvalue weighted by Gasteiger charge is 2.39. The van der Waals surface area contributed by atoms with Crippen molar-refractivity contribution < 1.29 is 23.8 Å². The van der Waals surface area contributed by atoms with Crippen LogP contribution in [0.4, 0.5) is 21.5 Å². The first kappa shape index (κ1) is 33.0. The number of rotatable bonds is 7. The van der Waals surface area contributed by atoms with Gasteiger partial charge in [-0.15, -0.1) is 0 Å². The molecule has 7 N–H and O–H groups in total. The number of nitrogens with zero attached hydrogens (tertiary/aromatic N) is 3. The molecule has 0 atom stereocenters. The predicted molar refractivity (Wildman–Crippen MR) is 152 cm³/mol. The van der Waals surface area contributed by atoms with E-state index in [0.29, 0.717) is 31.6 Å². The molecule has 2 amide bonds. The number of halogens is 1. The topological polar surface area (TPSA) is 212 Å². The normalized spacial score (nSPS) is 17.1. The smallest absolute Gasteiger partial charge is 0.304 e. The van der Waals surface area contributed by atoms with E-state index in [0.717, 1.165) is 38.1 Å². The van der Waals surface area contributed by atoms with Gasteiger partial charge in [0.25, 0.3) is 5.69 Å². The van der Waals surface area contributed by atoms with Crippen LogP contribution in [0.25, 0.3) is 0 Å². The van der Waals surface area contributed by atoms with Crippen LogP contribution in [0, 0.1) is 26.0 Å². The van der Waals surface area contributed by atoms with Crippen molar-refractivity contribution in [2.45, 2.75) is 36.8 Å². The van der Waals surface area contributed by atoms with Crippen LogP contribution < -0.4 is 32.3 Å². The van der Waals surface area contributed by atoms with Crippen molar-refractivity contribution >= 4 is 28.9 Å². The van der Waals surface area contributed by atoms with Crippen LogP contribution in [0.1, 0.15) is 25.7 Å². The van der Waals surface area contributed by atoms with E-state index in [2.05, 4.69) is 16.0 Å². The second-order valence-electron chi connectivity index (χ2n) is 9.58. The Hall–Kier alpha value is -4.21. The number of hydrogen-bond acceptors (Lipinski definition) is 10. The van der Waals surface area contributed by atoms with Crippen molar-refractivity contribution in [2.24, 2.45) is 11.5 Å². The fourth-order valence-corrected chi connectivity index (χ4v) is 4.71. The fraction of sp³-hybridized carbons (Fsp3) is 0.462. The number of nitrogens with two attached hydrogens (primary N) is 2. The third-order valence-electron chi connectivity index (χ3n) is 7.44. The number of carbonyl (C=O) groups excluding carboxylic acids is 2. The van der Waals surface area contributed by atoms with Gasteiger partial charge in [0.2, 0.25) is 17.6 Å². The maximum atomic E-state index is 12.4. The first-order chi connectivity index (χ1) is 19.4. The molecule has 2 aromatic carbocycles. The minimum Gasteiger partial charge on any atom is -0.368 e. The van der Waals surface area contributed by atoms with Gasteiger partial charge in [-0.25, -0.2) is 0 Å². The molecule has 0 aliphatic carbocycles. The lowest BCUT2D eigenvalue weighted by Gasteiger charge is -2.40. The highest BCUT2D eigenvalue weighted by Crippen LogP contribution is 2.32. The third kappa shape index (κ3) is 8.39. The molecule has 41 heavy (non-hydrogen) atoms. The monoisotopic (exact) mass is 576 g/mol. The Morgan fingerprint density at radius 1 is 0.829 bits per heavy atom. The number of para-hydroxylation sites is 3. The summed E-state index contributed by atoms with van der Waals surface area (Å²) in [6.07, 6.45) is 2.65. The zero-order valence-electron chi connectivity index (χ0n) is 23.1. The van der Waals surface area contributed by atoms with Crippen molar-refractivity contribution in [1.82, 2.24) is 16.0 Å². The first-order valence-electron chi connectivity index (χ1n) is 13.0. The lowest BCUT2D eigenvalue weighted by atomic mass is 9.86. The molecule has 2 heterocycles. The largest absolute Gasteiger partial charge is 0.368 e. The predicted octanol–water partition coefficient (Wildman–Crippen LogP) is 1.19. The van der Waals surface area contributed by atoms with E-state index in [9.17, 15) is 34.2 Å². The standard InChI is InChI=1S/C13H18N4O3.C7H15N3O.C6H4FNO2/c1-15-13(12(14)18)6-8-16(9-7-13)10-4-2-3-5-11(10)17(19)20;1-9-7(6(8)11)2-4-10-5-3-7;7-5-3-1-2-4-6(5)8(9)10/h2-5,15H,6-9H2,1H3,(H2,14,18);9-10H,2-5H2,1H3,(H2,8,11);1-4H. The Bertz CT molecular complexity index is 1220. The van der Waals surface area contributed by atoms with Crippen molar-refractivity contribution in [1.29, 1.82) is 0 Å². The Labute approximate surface area is 236 Å². The van der Waals surface area contributed by atoms with Crippen LogP contribution in [0.15, 0.2) is 48.5 Å². The van der Waals surface area contributed by atoms with Crippen molar-refractivity contribution in [3.63, 3.8) is 0 Å². The number of likely N-dealkylation sites (N-methyl/N-ethyl adjacent to an activating group) is 2. The molecule has 0 unspecified atom stereocenters. The molecule has 0 saturated carbocycles. The third-order valence-corrected chi connectivity index (χ3v) is 7.44. The lowest BCUT2D eigenvalue weighted by molar-refractivity contribution is -0.387. The minimum absolute atomic E-state index is 0.0866. The highest BCUT2D eigenvalue weighted by atomic mass is 19.1. The van der Waals surface area contributed by atoms with Crippen LogP contribution in [0.3, 0.4) is 0 Å². The number of hydrogen-bond donors (Lipinski definition) is 5. The molecule has 2 fully saturated rings. The summed E-state index contributed by atoms with van der Waals surface area (Å²) in [6.45, 7) is 2.83. The first-order valence-corrected chi connectivity index (χ1v) is 13.0. The molecule has 0 spiro atoms. The Balaban J connectivity index is 0.000000236. The molecule has 2 aliphatic heterocycles. The maximum absolute atomic E-state index is 12.4. The zero-order valence-corrected chi connectivity index (χ0v) is 23.1. The molecular formula is C26H37FN8O6. The number of nitro benzene ring substituents is 2. The van der Waals surface area contributed by atoms with E-state index < -0.39 is 27.5 Å². The number of carbonyl (C=O) groups is 2. The van der Waals surface area contributed by atoms with E-state index in [4.69, 9.17) is 11.5 Å². The van der Waals surface area contributed by atoms with Crippen molar-refractivity contribution in [2.75, 3.05) is 45.2 Å². The Kier molecular flexibility index (Phi) is 12.0. The summed E-state index contributed by atoms with van der Waals surface area (Å²) in [6, 6.07) is 11.6. The summed E-state index contributed by atoms with van der Waals surface area (Å²) in [5, 5.41) is 30.2. The van der Waals surface area contributed by atoms with Crippen molar-refractivity contribution in [3.05, 3.63) is 74.6 Å². The van der Waals surface area contributed by atoms with Gasteiger partial charge in [0.15, 0.2) is 0 Å². The van der Waals surface area contributed by atoms with E-state index in [1.807, 2.05) is 4.90 Å². The molecule has 2 saturated heterocycles. The van der Waals surface area contributed by atoms with Gasteiger partial charge in [0.05, 0.1) is 15.4 Å². The average molecular weight is 577 g/mol. The number of nitrogens with one attached hydrogen (secondary N) is 3. The summed E-state index contributed by atoms with van der Waals surface area (Å²) in [4.78, 5) is 44.4. The van der Waals surface area contributed by atoms with Crippen molar-refractivity contribution in [3.8, 4) is 0 Å². The van der Waals surface area contributed by atoms with E-state index >= 15 is 0 Å². The summed E-state index contributed by atoms with van der Waals surface area (Å²) in [7, 11) is 3.50. The van der Waals surface area contributed by atoms with Gasteiger partial charge in [-0.1, -0.05) is 24.3 Å². The van der Waals surface area contributed by atoms with Gasteiger partial charge in [0.1, 0.15) is 11.2 Å². The number of amides is 2. The van der Waals surface area contributed by atoms with Gasteiger partial charge >= 0.3 is 5.69 Å². The van der Waals surface area contributed by atoms with Crippen LogP contribution in [-0.4, -0.2) is 73.0 Å². The number of nitro groups is 2. The molecule has 0 aromatic heterocycles. The Morgan fingerprint density at radius 2 is 1.27 bits per heavy atom. The summed E-state index contributed by atoms with van der Waals surface area (Å²) < 4.78 is 12.4. The summed E-state index contributed by atoms with van der Waals surface area (Å²) in [5.41, 5.74) is 9.76. The summed E-state index contributed by atoms with van der Waals surface area (Å²) >= 11 is 0. The molecule has 14 nitrogen and oxygen atoms in total. The zero-order chi connectivity index (χ0) is 30.6. The molecule has 4 rings (SSSR count). The van der Waals surface area contributed by atoms with Crippen LogP contribution in [-0.2, 0) is 9.59 Å². The molecular weight excluding hydrogens is 539 g/mol. The molecule has 2 aromatic rings. The summed E-state index contributed by atoms with van der Waals surface area (Å²) in [5.74, 6) is -1.41. The molecule has 2 aliphatic rings. The van der Waals surface area contributed by atoms with Gasteiger partial charge in [-0.05, 0) is 65.0 Å². The highest BCUT2D eigenvalue weighted by molar-refractivity contribution is 5.85. The fourth-order valence-electron chi connectivity index (χ4n) is 4.71. The van der Waals surface area contributed by atoms with Crippen LogP contribution >= 0.6 is 0 Å². The number of benzene rings is 2. The second-order valence-corrected chi connectivity index (χ2v) is 9.58. The minimum atomic E-state index is -0.799. The number of primary amides is 2. The average Bonchev–Trinajstić information content (AvgIpc) is 2.98. The SMILES string of the molecule is CNC1(C(N)=O)CCN(c2ccccc2[N+](=O)[O-])CC1.CNC1(C(N)=O)CCNCC1.O=[N+]([O-])c1ccccc1F. The molecule has 0 radical (unpaired) electrons. The van der Waals surface area contributed by atoms with Gasteiger partial charge in [0, 0.05) is 25.2 Å². The van der Waals surface area contributed by atoms with Gasteiger partial charge < -0.3 is 32.3 Å². The number of anilines is 1. The second kappa shape index (κ2) is 15.0. The van der Waals surface area contributed by atoms with E-state index in [-0.39, 0.29) is 22.4 Å². The van der Waals surface area contributed by atoms with E-state index in [1.54, 1.807) is 32.3 Å². The van der Waals surface area contributed by atoms with E-state index in [1.165, 1.54) is 18.2 Å².